The molecule has 0 spiro atoms. The van der Waals surface area contributed by atoms with E-state index in [1.807, 2.05) is 19.2 Å². The van der Waals surface area contributed by atoms with E-state index in [0.29, 0.717) is 19.0 Å². The van der Waals surface area contributed by atoms with E-state index in [2.05, 4.69) is 4.90 Å². The van der Waals surface area contributed by atoms with Crippen LogP contribution < -0.4 is 0 Å². The van der Waals surface area contributed by atoms with Gasteiger partial charge in [0.15, 0.2) is 0 Å². The quantitative estimate of drug-likeness (QED) is 0.900. The molecule has 0 aromatic carbocycles. The van der Waals surface area contributed by atoms with Gasteiger partial charge in [0.25, 0.3) is 0 Å². The SMILES string of the molecule is CN(Cc1ccc(Cl)s1)C(=O)CN1CCC(CO)C1. The van der Waals surface area contributed by atoms with Gasteiger partial charge in [0.05, 0.1) is 17.4 Å². The number of halogens is 1. The number of aliphatic hydroxyl groups excluding tert-OH is 1. The fourth-order valence-electron chi connectivity index (χ4n) is 2.28. The van der Waals surface area contributed by atoms with E-state index in [4.69, 9.17) is 16.7 Å². The van der Waals surface area contributed by atoms with Gasteiger partial charge in [-0.3, -0.25) is 9.69 Å². The van der Waals surface area contributed by atoms with E-state index >= 15 is 0 Å². The summed E-state index contributed by atoms with van der Waals surface area (Å²) in [6.07, 6.45) is 0.980. The second kappa shape index (κ2) is 6.70. The molecule has 19 heavy (non-hydrogen) atoms. The molecular formula is C13H19ClN2O2S. The first-order chi connectivity index (χ1) is 9.08. The van der Waals surface area contributed by atoms with Crippen molar-refractivity contribution in [2.24, 2.45) is 5.92 Å². The molecule has 2 rings (SSSR count). The lowest BCUT2D eigenvalue weighted by Crippen LogP contribution is -2.37. The van der Waals surface area contributed by atoms with Crippen LogP contribution in [-0.2, 0) is 11.3 Å². The fraction of sp³-hybridized carbons (Fsp3) is 0.615. The first-order valence-corrected chi connectivity index (χ1v) is 7.59. The van der Waals surface area contributed by atoms with Gasteiger partial charge in [0.1, 0.15) is 0 Å². The van der Waals surface area contributed by atoms with Crippen molar-refractivity contribution in [3.63, 3.8) is 0 Å². The molecular weight excluding hydrogens is 284 g/mol. The van der Waals surface area contributed by atoms with Crippen molar-refractivity contribution in [3.8, 4) is 0 Å². The Balaban J connectivity index is 1.79. The molecule has 2 heterocycles. The maximum absolute atomic E-state index is 12.1. The Bertz CT molecular complexity index is 438. The molecule has 4 nitrogen and oxygen atoms in total. The highest BCUT2D eigenvalue weighted by Crippen LogP contribution is 2.22. The van der Waals surface area contributed by atoms with Crippen molar-refractivity contribution in [2.75, 3.05) is 33.3 Å². The molecule has 1 amide bonds. The molecule has 1 aromatic heterocycles. The molecule has 1 saturated heterocycles. The van der Waals surface area contributed by atoms with E-state index in [9.17, 15) is 4.79 Å². The molecule has 1 atom stereocenters. The summed E-state index contributed by atoms with van der Waals surface area (Å²) in [5, 5.41) is 9.09. The average Bonchev–Trinajstić information content (AvgIpc) is 2.98. The van der Waals surface area contributed by atoms with Crippen molar-refractivity contribution in [2.45, 2.75) is 13.0 Å². The van der Waals surface area contributed by atoms with Gasteiger partial charge >= 0.3 is 0 Å². The lowest BCUT2D eigenvalue weighted by Gasteiger charge is -2.21. The van der Waals surface area contributed by atoms with Gasteiger partial charge in [0, 0.05) is 25.1 Å². The smallest absolute Gasteiger partial charge is 0.236 e. The standard InChI is InChI=1S/C13H19ClN2O2S/c1-15(7-11-2-3-12(14)19-11)13(18)8-16-5-4-10(6-16)9-17/h2-3,10,17H,4-9H2,1H3. The predicted octanol–water partition coefficient (Wildman–Crippen LogP) is 1.67. The van der Waals surface area contributed by atoms with Gasteiger partial charge in [-0.15, -0.1) is 11.3 Å². The summed E-state index contributed by atoms with van der Waals surface area (Å²) >= 11 is 7.38. The number of thiophene rings is 1. The van der Waals surface area contributed by atoms with Crippen LogP contribution in [0, 0.1) is 5.92 Å². The number of likely N-dealkylation sites (N-methyl/N-ethyl adjacent to an activating group) is 1. The van der Waals surface area contributed by atoms with E-state index in [-0.39, 0.29) is 12.5 Å². The highest BCUT2D eigenvalue weighted by molar-refractivity contribution is 7.16. The molecule has 0 radical (unpaired) electrons. The Morgan fingerprint density at radius 2 is 2.42 bits per heavy atom. The van der Waals surface area contributed by atoms with E-state index in [1.165, 1.54) is 11.3 Å². The van der Waals surface area contributed by atoms with Crippen molar-refractivity contribution in [3.05, 3.63) is 21.3 Å². The minimum atomic E-state index is 0.114. The lowest BCUT2D eigenvalue weighted by atomic mass is 10.1. The van der Waals surface area contributed by atoms with Crippen LogP contribution in [0.4, 0.5) is 0 Å². The number of amides is 1. The number of hydrogen-bond acceptors (Lipinski definition) is 4. The molecule has 6 heteroatoms. The van der Waals surface area contributed by atoms with Crippen molar-refractivity contribution in [1.29, 1.82) is 0 Å². The highest BCUT2D eigenvalue weighted by Gasteiger charge is 2.24. The van der Waals surface area contributed by atoms with Gasteiger partial charge in [-0.05, 0) is 31.0 Å². The number of nitrogens with zero attached hydrogens (tertiary/aromatic N) is 2. The number of aliphatic hydroxyl groups is 1. The van der Waals surface area contributed by atoms with Crippen molar-refractivity contribution >= 4 is 28.8 Å². The van der Waals surface area contributed by atoms with Crippen LogP contribution in [0.25, 0.3) is 0 Å². The first-order valence-electron chi connectivity index (χ1n) is 6.40. The van der Waals surface area contributed by atoms with E-state index in [1.54, 1.807) is 4.90 Å². The summed E-state index contributed by atoms with van der Waals surface area (Å²) in [6.45, 7) is 2.98. The molecule has 1 fully saturated rings. The van der Waals surface area contributed by atoms with Crippen LogP contribution in [-0.4, -0.2) is 54.1 Å². The Hall–Kier alpha value is -0.620. The molecule has 0 aliphatic carbocycles. The molecule has 0 bridgehead atoms. The fourth-order valence-corrected chi connectivity index (χ4v) is 3.42. The number of carbonyl (C=O) groups is 1. The molecule has 1 aliphatic heterocycles. The Labute approximate surface area is 122 Å². The van der Waals surface area contributed by atoms with Gasteiger partial charge in [-0.25, -0.2) is 0 Å². The molecule has 0 saturated carbocycles. The lowest BCUT2D eigenvalue weighted by molar-refractivity contribution is -0.131. The number of likely N-dealkylation sites (tertiary alicyclic amines) is 1. The zero-order valence-corrected chi connectivity index (χ0v) is 12.6. The largest absolute Gasteiger partial charge is 0.396 e. The van der Waals surface area contributed by atoms with Crippen molar-refractivity contribution < 1.29 is 9.90 Å². The summed E-state index contributed by atoms with van der Waals surface area (Å²) in [6, 6.07) is 3.81. The third-order valence-electron chi connectivity index (χ3n) is 3.43. The zero-order chi connectivity index (χ0) is 13.8. The summed E-state index contributed by atoms with van der Waals surface area (Å²) in [5.41, 5.74) is 0. The monoisotopic (exact) mass is 302 g/mol. The molecule has 1 aromatic rings. The van der Waals surface area contributed by atoms with Crippen LogP contribution in [0.1, 0.15) is 11.3 Å². The van der Waals surface area contributed by atoms with Gasteiger partial charge in [-0.1, -0.05) is 11.6 Å². The second-order valence-corrected chi connectivity index (χ2v) is 6.83. The molecule has 106 valence electrons. The van der Waals surface area contributed by atoms with Crippen LogP contribution in [0.15, 0.2) is 12.1 Å². The van der Waals surface area contributed by atoms with Gasteiger partial charge in [-0.2, -0.15) is 0 Å². The maximum atomic E-state index is 12.1. The average molecular weight is 303 g/mol. The van der Waals surface area contributed by atoms with Gasteiger partial charge < -0.3 is 10.0 Å². The van der Waals surface area contributed by atoms with Crippen LogP contribution in [0.5, 0.6) is 0 Å². The maximum Gasteiger partial charge on any atom is 0.236 e. The Morgan fingerprint density at radius 3 is 3.00 bits per heavy atom. The topological polar surface area (TPSA) is 43.8 Å². The minimum Gasteiger partial charge on any atom is -0.396 e. The van der Waals surface area contributed by atoms with E-state index < -0.39 is 0 Å². The first kappa shape index (κ1) is 14.8. The van der Waals surface area contributed by atoms with Gasteiger partial charge in [0.2, 0.25) is 5.91 Å². The minimum absolute atomic E-state index is 0.114. The molecule has 1 N–H and O–H groups in total. The number of carbonyl (C=O) groups excluding carboxylic acids is 1. The highest BCUT2D eigenvalue weighted by atomic mass is 35.5. The zero-order valence-electron chi connectivity index (χ0n) is 11.0. The third kappa shape index (κ3) is 4.18. The molecule has 1 unspecified atom stereocenters. The van der Waals surface area contributed by atoms with Crippen LogP contribution in [0.2, 0.25) is 4.34 Å². The second-order valence-electron chi connectivity index (χ2n) is 5.03. The Morgan fingerprint density at radius 1 is 1.63 bits per heavy atom. The Kier molecular flexibility index (Phi) is 5.21. The van der Waals surface area contributed by atoms with E-state index in [0.717, 1.165) is 28.7 Å². The third-order valence-corrected chi connectivity index (χ3v) is 4.65. The summed E-state index contributed by atoms with van der Waals surface area (Å²) in [4.78, 5) is 17.0. The number of rotatable bonds is 5. The molecule has 1 aliphatic rings. The summed E-state index contributed by atoms with van der Waals surface area (Å²) < 4.78 is 0.751. The normalized spacial score (nSPS) is 19.8. The number of hydrogen-bond donors (Lipinski definition) is 1. The predicted molar refractivity (Wildman–Crippen MR) is 77.4 cm³/mol. The van der Waals surface area contributed by atoms with Crippen LogP contribution in [0.3, 0.4) is 0 Å². The summed E-state index contributed by atoms with van der Waals surface area (Å²) in [5.74, 6) is 0.442. The van der Waals surface area contributed by atoms with Crippen LogP contribution >= 0.6 is 22.9 Å². The van der Waals surface area contributed by atoms with Crippen molar-refractivity contribution in [1.82, 2.24) is 9.80 Å². The summed E-state index contributed by atoms with van der Waals surface area (Å²) in [7, 11) is 1.82.